The van der Waals surface area contributed by atoms with Crippen LogP contribution in [-0.4, -0.2) is 19.7 Å². The molecule has 1 aromatic carbocycles. The molecule has 106 valence electrons. The fourth-order valence-corrected chi connectivity index (χ4v) is 2.02. The summed E-state index contributed by atoms with van der Waals surface area (Å²) in [7, 11) is 0. The molecule has 0 aliphatic heterocycles. The van der Waals surface area contributed by atoms with Gasteiger partial charge in [0.05, 0.1) is 11.9 Å². The van der Waals surface area contributed by atoms with Crippen LogP contribution in [0.1, 0.15) is 18.5 Å². The van der Waals surface area contributed by atoms with E-state index >= 15 is 0 Å². The highest BCUT2D eigenvalue weighted by Crippen LogP contribution is 2.19. The summed E-state index contributed by atoms with van der Waals surface area (Å²) in [6.07, 6.45) is 4.79. The summed E-state index contributed by atoms with van der Waals surface area (Å²) in [4.78, 5) is 8.20. The first-order valence-electron chi connectivity index (χ1n) is 6.55. The third kappa shape index (κ3) is 3.05. The van der Waals surface area contributed by atoms with E-state index in [0.717, 1.165) is 11.3 Å². The zero-order valence-electron chi connectivity index (χ0n) is 11.4. The zero-order chi connectivity index (χ0) is 14.7. The molecule has 0 saturated heterocycles. The number of pyridine rings is 1. The summed E-state index contributed by atoms with van der Waals surface area (Å²) in [5, 5.41) is 7.34. The van der Waals surface area contributed by atoms with Gasteiger partial charge in [0.15, 0.2) is 5.82 Å². The van der Waals surface area contributed by atoms with Crippen LogP contribution in [0.25, 0.3) is 5.82 Å². The molecule has 0 spiro atoms. The Balaban J connectivity index is 1.71. The van der Waals surface area contributed by atoms with Gasteiger partial charge in [-0.25, -0.2) is 19.0 Å². The van der Waals surface area contributed by atoms with Gasteiger partial charge < -0.3 is 5.32 Å². The van der Waals surface area contributed by atoms with Gasteiger partial charge in [0.25, 0.3) is 0 Å². The van der Waals surface area contributed by atoms with Crippen LogP contribution in [0.4, 0.5) is 10.1 Å². The van der Waals surface area contributed by atoms with Crippen LogP contribution in [-0.2, 0) is 0 Å². The Morgan fingerprint density at radius 3 is 2.57 bits per heavy atom. The Kier molecular flexibility index (Phi) is 3.59. The number of hydrogen-bond acceptors (Lipinski definition) is 4. The van der Waals surface area contributed by atoms with Gasteiger partial charge in [-0.1, -0.05) is 12.1 Å². The Bertz CT molecular complexity index is 692. The van der Waals surface area contributed by atoms with Gasteiger partial charge in [-0.3, -0.25) is 0 Å². The number of aromatic nitrogens is 4. The molecule has 3 aromatic rings. The van der Waals surface area contributed by atoms with Crippen molar-refractivity contribution in [3.05, 3.63) is 66.6 Å². The maximum Gasteiger partial charge on any atom is 0.155 e. The summed E-state index contributed by atoms with van der Waals surface area (Å²) in [5.41, 5.74) is 1.90. The van der Waals surface area contributed by atoms with Crippen molar-refractivity contribution in [2.45, 2.75) is 13.0 Å². The van der Waals surface area contributed by atoms with E-state index in [0.29, 0.717) is 5.82 Å². The third-order valence-electron chi connectivity index (χ3n) is 3.15. The van der Waals surface area contributed by atoms with E-state index < -0.39 is 0 Å². The Morgan fingerprint density at radius 1 is 1.14 bits per heavy atom. The maximum atomic E-state index is 12.9. The van der Waals surface area contributed by atoms with E-state index in [2.05, 4.69) is 20.4 Å². The number of nitrogens with one attached hydrogen (secondary N) is 1. The van der Waals surface area contributed by atoms with Crippen LogP contribution in [0.2, 0.25) is 0 Å². The number of halogens is 1. The monoisotopic (exact) mass is 283 g/mol. The van der Waals surface area contributed by atoms with Crippen molar-refractivity contribution in [1.29, 1.82) is 0 Å². The van der Waals surface area contributed by atoms with Crippen molar-refractivity contribution >= 4 is 5.69 Å². The van der Waals surface area contributed by atoms with Crippen molar-refractivity contribution in [2.24, 2.45) is 0 Å². The number of hydrogen-bond donors (Lipinski definition) is 1. The lowest BCUT2D eigenvalue weighted by Crippen LogP contribution is -2.07. The number of benzene rings is 1. The summed E-state index contributed by atoms with van der Waals surface area (Å²) in [6.45, 7) is 2.01. The van der Waals surface area contributed by atoms with Gasteiger partial charge >= 0.3 is 0 Å². The second kappa shape index (κ2) is 5.70. The average Bonchev–Trinajstić information content (AvgIpc) is 3.03. The topological polar surface area (TPSA) is 55.6 Å². The minimum Gasteiger partial charge on any atom is -0.377 e. The Hall–Kier alpha value is -2.76. The second-order valence-corrected chi connectivity index (χ2v) is 4.66. The molecule has 0 aliphatic carbocycles. The second-order valence-electron chi connectivity index (χ2n) is 4.66. The van der Waals surface area contributed by atoms with Gasteiger partial charge in [0.2, 0.25) is 0 Å². The molecular weight excluding hydrogens is 269 g/mol. The number of rotatable bonds is 4. The predicted octanol–water partition coefficient (Wildman–Crippen LogP) is 2.97. The average molecular weight is 283 g/mol. The summed E-state index contributed by atoms with van der Waals surface area (Å²) < 4.78 is 14.5. The van der Waals surface area contributed by atoms with Gasteiger partial charge in [-0.2, -0.15) is 5.10 Å². The molecule has 0 bridgehead atoms. The van der Waals surface area contributed by atoms with Crippen LogP contribution in [0.5, 0.6) is 0 Å². The molecule has 0 aliphatic rings. The molecule has 21 heavy (non-hydrogen) atoms. The quantitative estimate of drug-likeness (QED) is 0.799. The molecular formula is C15H14FN5. The normalized spacial score (nSPS) is 12.1. The van der Waals surface area contributed by atoms with Crippen molar-refractivity contribution in [3.8, 4) is 5.82 Å². The molecule has 3 rings (SSSR count). The van der Waals surface area contributed by atoms with Crippen molar-refractivity contribution in [2.75, 3.05) is 5.32 Å². The molecule has 2 aromatic heterocycles. The van der Waals surface area contributed by atoms with E-state index in [-0.39, 0.29) is 11.9 Å². The van der Waals surface area contributed by atoms with Crippen molar-refractivity contribution in [3.63, 3.8) is 0 Å². The highest BCUT2D eigenvalue weighted by Gasteiger charge is 2.06. The van der Waals surface area contributed by atoms with E-state index in [1.807, 2.05) is 19.1 Å². The number of nitrogens with zero attached hydrogens (tertiary/aromatic N) is 4. The molecule has 2 heterocycles. The van der Waals surface area contributed by atoms with Crippen LogP contribution in [0, 0.1) is 5.82 Å². The van der Waals surface area contributed by atoms with Gasteiger partial charge in [-0.05, 0) is 36.8 Å². The molecule has 0 amide bonds. The van der Waals surface area contributed by atoms with E-state index in [4.69, 9.17) is 0 Å². The fourth-order valence-electron chi connectivity index (χ4n) is 2.02. The summed E-state index contributed by atoms with van der Waals surface area (Å²) in [6, 6.07) is 10.3. The fraction of sp³-hybridized carbons (Fsp3) is 0.133. The van der Waals surface area contributed by atoms with E-state index in [1.54, 1.807) is 29.3 Å². The number of anilines is 1. The first kappa shape index (κ1) is 13.2. The lowest BCUT2D eigenvalue weighted by Gasteiger charge is -2.15. The highest BCUT2D eigenvalue weighted by atomic mass is 19.1. The van der Waals surface area contributed by atoms with E-state index in [1.165, 1.54) is 18.5 Å². The Labute approximate surface area is 121 Å². The molecule has 1 unspecified atom stereocenters. The lowest BCUT2D eigenvalue weighted by atomic mass is 10.1. The molecule has 0 fully saturated rings. The third-order valence-corrected chi connectivity index (χ3v) is 3.15. The first-order valence-corrected chi connectivity index (χ1v) is 6.55. The maximum absolute atomic E-state index is 12.9. The molecule has 6 heteroatoms. The lowest BCUT2D eigenvalue weighted by molar-refractivity contribution is 0.626. The summed E-state index contributed by atoms with van der Waals surface area (Å²) >= 11 is 0. The molecule has 0 radical (unpaired) electrons. The standard InChI is InChI=1S/C15H14FN5/c1-11(12-2-4-13(16)5-3-12)20-14-6-7-15(18-8-14)21-10-17-9-19-21/h2-11,20H,1H3. The van der Waals surface area contributed by atoms with E-state index in [9.17, 15) is 4.39 Å². The van der Waals surface area contributed by atoms with Gasteiger partial charge in [0, 0.05) is 6.04 Å². The van der Waals surface area contributed by atoms with Crippen LogP contribution in [0.3, 0.4) is 0 Å². The largest absolute Gasteiger partial charge is 0.377 e. The molecule has 1 atom stereocenters. The van der Waals surface area contributed by atoms with Crippen LogP contribution >= 0.6 is 0 Å². The van der Waals surface area contributed by atoms with Crippen molar-refractivity contribution < 1.29 is 4.39 Å². The first-order chi connectivity index (χ1) is 10.2. The Morgan fingerprint density at radius 2 is 1.95 bits per heavy atom. The van der Waals surface area contributed by atoms with Gasteiger partial charge in [-0.15, -0.1) is 0 Å². The molecule has 5 nitrogen and oxygen atoms in total. The predicted molar refractivity (Wildman–Crippen MR) is 77.6 cm³/mol. The SMILES string of the molecule is CC(Nc1ccc(-n2cncn2)nc1)c1ccc(F)cc1. The van der Waals surface area contributed by atoms with Crippen LogP contribution < -0.4 is 5.32 Å². The highest BCUT2D eigenvalue weighted by molar-refractivity contribution is 5.45. The molecule has 0 saturated carbocycles. The van der Waals surface area contributed by atoms with Crippen molar-refractivity contribution in [1.82, 2.24) is 19.7 Å². The van der Waals surface area contributed by atoms with Crippen LogP contribution in [0.15, 0.2) is 55.2 Å². The minimum absolute atomic E-state index is 0.0598. The minimum atomic E-state index is -0.232. The van der Waals surface area contributed by atoms with Gasteiger partial charge in [0.1, 0.15) is 18.5 Å². The molecule has 1 N–H and O–H groups in total. The zero-order valence-corrected chi connectivity index (χ0v) is 11.4. The smallest absolute Gasteiger partial charge is 0.155 e. The summed E-state index contributed by atoms with van der Waals surface area (Å²) in [5.74, 6) is 0.470.